The zero-order valence-corrected chi connectivity index (χ0v) is 31.0. The molecule has 2 heterocycles. The number of benzene rings is 11. The predicted octanol–water partition coefficient (Wildman–Crippen LogP) is 16.2. The van der Waals surface area contributed by atoms with E-state index in [-0.39, 0.29) is 0 Å². The molecule has 0 fully saturated rings. The van der Waals surface area contributed by atoms with Crippen LogP contribution in [0.25, 0.3) is 129 Å². The monoisotopic (exact) mass is 726 g/mol. The molecule has 258 valence electrons. The van der Waals surface area contributed by atoms with Gasteiger partial charge in [-0.2, -0.15) is 0 Å². The topological polar surface area (TPSA) is 13.1 Å². The number of furan rings is 1. The average molecular weight is 727 g/mol. The van der Waals surface area contributed by atoms with Crippen molar-refractivity contribution in [2.45, 2.75) is 0 Å². The van der Waals surface area contributed by atoms with Crippen molar-refractivity contribution in [3.05, 3.63) is 182 Å². The third-order valence-electron chi connectivity index (χ3n) is 12.2. The summed E-state index contributed by atoms with van der Waals surface area (Å²) in [5.41, 5.74) is 6.78. The van der Waals surface area contributed by atoms with Crippen LogP contribution in [0, 0.1) is 0 Å². The maximum Gasteiger partial charge on any atom is 0.136 e. The maximum atomic E-state index is 6.37. The van der Waals surface area contributed by atoms with Crippen LogP contribution in [-0.4, -0.2) is 0 Å². The number of rotatable bonds is 2. The number of para-hydroxylation sites is 1. The molecule has 1 nitrogen and oxygen atoms in total. The van der Waals surface area contributed by atoms with Crippen LogP contribution in [0.15, 0.2) is 186 Å². The van der Waals surface area contributed by atoms with E-state index >= 15 is 0 Å². The molecule has 0 radical (unpaired) electrons. The van der Waals surface area contributed by atoms with E-state index in [1.54, 1.807) is 0 Å². The van der Waals surface area contributed by atoms with Crippen LogP contribution in [-0.2, 0) is 0 Å². The van der Waals surface area contributed by atoms with Gasteiger partial charge in [-0.15, -0.1) is 11.3 Å². The second kappa shape index (κ2) is 11.3. The fraction of sp³-hybridized carbons (Fsp3) is 0. The number of fused-ring (bicyclic) bond motifs is 19. The van der Waals surface area contributed by atoms with Crippen molar-refractivity contribution in [2.75, 3.05) is 0 Å². The molecule has 0 spiro atoms. The van der Waals surface area contributed by atoms with E-state index in [0.29, 0.717) is 0 Å². The van der Waals surface area contributed by atoms with Crippen molar-refractivity contribution in [1.82, 2.24) is 0 Å². The lowest BCUT2D eigenvalue weighted by atomic mass is 9.90. The summed E-state index contributed by atoms with van der Waals surface area (Å²) in [5, 5.41) is 20.3. The zero-order chi connectivity index (χ0) is 36.5. The average Bonchev–Trinajstić information content (AvgIpc) is 3.84. The Labute approximate surface area is 325 Å². The van der Waals surface area contributed by atoms with Gasteiger partial charge in [-0.25, -0.2) is 0 Å². The lowest BCUT2D eigenvalue weighted by molar-refractivity contribution is 0.669. The van der Waals surface area contributed by atoms with Crippen molar-refractivity contribution in [3.8, 4) is 22.3 Å². The first kappa shape index (κ1) is 30.3. The van der Waals surface area contributed by atoms with E-state index in [0.717, 1.165) is 16.6 Å². The molecule has 0 saturated carbocycles. The fourth-order valence-electron chi connectivity index (χ4n) is 9.66. The molecule has 0 atom stereocenters. The van der Waals surface area contributed by atoms with Crippen LogP contribution >= 0.6 is 11.3 Å². The Bertz CT molecular complexity index is 3790. The van der Waals surface area contributed by atoms with Gasteiger partial charge in [-0.1, -0.05) is 127 Å². The third-order valence-corrected chi connectivity index (χ3v) is 13.4. The minimum absolute atomic E-state index is 0.926. The van der Waals surface area contributed by atoms with Crippen molar-refractivity contribution in [1.29, 1.82) is 0 Å². The van der Waals surface area contributed by atoms with Gasteiger partial charge in [0, 0.05) is 36.3 Å². The van der Waals surface area contributed by atoms with Crippen LogP contribution in [0.4, 0.5) is 0 Å². The van der Waals surface area contributed by atoms with E-state index in [1.165, 1.54) is 112 Å². The molecule has 0 aliphatic carbocycles. The molecule has 0 N–H and O–H groups in total. The van der Waals surface area contributed by atoms with Gasteiger partial charge in [-0.05, 0) is 136 Å². The molecule has 2 heteroatoms. The van der Waals surface area contributed by atoms with E-state index in [4.69, 9.17) is 4.42 Å². The summed E-state index contributed by atoms with van der Waals surface area (Å²) in [7, 11) is 0. The van der Waals surface area contributed by atoms with E-state index in [2.05, 4.69) is 176 Å². The lowest BCUT2D eigenvalue weighted by Gasteiger charge is -2.13. The first-order valence-electron chi connectivity index (χ1n) is 19.2. The molecule has 11 aromatic carbocycles. The summed E-state index contributed by atoms with van der Waals surface area (Å²) in [6, 6.07) is 67.3. The van der Waals surface area contributed by atoms with Gasteiger partial charge in [0.2, 0.25) is 0 Å². The van der Waals surface area contributed by atoms with Gasteiger partial charge in [0.15, 0.2) is 0 Å². The number of thiophene rings is 1. The molecule has 0 amide bonds. The summed E-state index contributed by atoms with van der Waals surface area (Å²) >= 11 is 1.88. The Morgan fingerprint density at radius 1 is 0.250 bits per heavy atom. The number of hydrogen-bond acceptors (Lipinski definition) is 2. The van der Waals surface area contributed by atoms with Crippen molar-refractivity contribution < 1.29 is 4.42 Å². The standard InChI is InChI=1S/C54H30OS/c1-2-11-37-35(9-1)36-10-3-5-13-39(36)45-27-31(17-21-41(37)45)33-19-25-51-47(29-33)48-30-34(20-26-52(48)56-51)32-18-22-43-46(28-32)40-14-6-4-12-38(40)42-23-24-50-54(53(42)43)44-15-7-8-16-49(44)55-50/h1-30H. The summed E-state index contributed by atoms with van der Waals surface area (Å²) in [4.78, 5) is 0. The van der Waals surface area contributed by atoms with Gasteiger partial charge >= 0.3 is 0 Å². The Balaban J connectivity index is 0.997. The van der Waals surface area contributed by atoms with Gasteiger partial charge in [0.25, 0.3) is 0 Å². The van der Waals surface area contributed by atoms with Crippen LogP contribution in [0.1, 0.15) is 0 Å². The minimum Gasteiger partial charge on any atom is -0.456 e. The van der Waals surface area contributed by atoms with Crippen molar-refractivity contribution in [2.24, 2.45) is 0 Å². The Morgan fingerprint density at radius 3 is 1.20 bits per heavy atom. The molecular weight excluding hydrogens is 697 g/mol. The van der Waals surface area contributed by atoms with Crippen LogP contribution < -0.4 is 0 Å². The van der Waals surface area contributed by atoms with Crippen LogP contribution in [0.2, 0.25) is 0 Å². The van der Waals surface area contributed by atoms with Gasteiger partial charge in [0.1, 0.15) is 11.2 Å². The molecule has 0 saturated heterocycles. The normalized spacial score (nSPS) is 12.3. The zero-order valence-electron chi connectivity index (χ0n) is 30.1. The van der Waals surface area contributed by atoms with Gasteiger partial charge in [0.05, 0.1) is 0 Å². The highest BCUT2D eigenvalue weighted by molar-refractivity contribution is 7.25. The summed E-state index contributed by atoms with van der Waals surface area (Å²) in [6.45, 7) is 0. The second-order valence-electron chi connectivity index (χ2n) is 15.1. The van der Waals surface area contributed by atoms with E-state index in [1.807, 2.05) is 17.4 Å². The predicted molar refractivity (Wildman–Crippen MR) is 243 cm³/mol. The molecule has 56 heavy (non-hydrogen) atoms. The summed E-state index contributed by atoms with van der Waals surface area (Å²) in [6.07, 6.45) is 0. The van der Waals surface area contributed by atoms with Crippen molar-refractivity contribution >= 4 is 118 Å². The smallest absolute Gasteiger partial charge is 0.136 e. The Hall–Kier alpha value is -7.00. The Kier molecular flexibility index (Phi) is 6.11. The number of hydrogen-bond donors (Lipinski definition) is 0. The quantitative estimate of drug-likeness (QED) is 0.162. The molecule has 0 bridgehead atoms. The van der Waals surface area contributed by atoms with Gasteiger partial charge in [-0.3, -0.25) is 0 Å². The van der Waals surface area contributed by atoms with Crippen LogP contribution in [0.3, 0.4) is 0 Å². The first-order chi connectivity index (χ1) is 27.7. The third kappa shape index (κ3) is 4.19. The highest BCUT2D eigenvalue weighted by atomic mass is 32.1. The summed E-state index contributed by atoms with van der Waals surface area (Å²) in [5.74, 6) is 0. The lowest BCUT2D eigenvalue weighted by Crippen LogP contribution is -1.86. The SMILES string of the molecule is c1ccc2c(c1)oc1ccc3c4ccccc4c4cc(-c5ccc6sc7ccc(-c8ccc9c%10ccccc%10c%10ccccc%10c9c8)cc7c6c5)ccc4c3c12. The highest BCUT2D eigenvalue weighted by Gasteiger charge is 2.17. The van der Waals surface area contributed by atoms with Gasteiger partial charge < -0.3 is 4.42 Å². The molecule has 2 aromatic heterocycles. The van der Waals surface area contributed by atoms with Crippen LogP contribution in [0.5, 0.6) is 0 Å². The summed E-state index contributed by atoms with van der Waals surface area (Å²) < 4.78 is 8.99. The molecule has 0 unspecified atom stereocenters. The molecule has 13 aromatic rings. The van der Waals surface area contributed by atoms with Crippen molar-refractivity contribution in [3.63, 3.8) is 0 Å². The maximum absolute atomic E-state index is 6.37. The molecule has 13 rings (SSSR count). The first-order valence-corrected chi connectivity index (χ1v) is 20.1. The largest absolute Gasteiger partial charge is 0.456 e. The Morgan fingerprint density at radius 2 is 0.625 bits per heavy atom. The molecular formula is C54H30OS. The molecule has 0 aliphatic rings. The van der Waals surface area contributed by atoms with E-state index < -0.39 is 0 Å². The fourth-order valence-corrected chi connectivity index (χ4v) is 10.7. The minimum atomic E-state index is 0.926. The second-order valence-corrected chi connectivity index (χ2v) is 16.2. The molecule has 0 aliphatic heterocycles. The van der Waals surface area contributed by atoms with E-state index in [9.17, 15) is 0 Å². The highest BCUT2D eigenvalue weighted by Crippen LogP contribution is 2.45.